The lowest BCUT2D eigenvalue weighted by molar-refractivity contribution is 0.123. The van der Waals surface area contributed by atoms with E-state index in [-0.39, 0.29) is 23.2 Å². The summed E-state index contributed by atoms with van der Waals surface area (Å²) in [5.41, 5.74) is 0. The summed E-state index contributed by atoms with van der Waals surface area (Å²) >= 11 is 0. The maximum atomic E-state index is 7.35. The molecule has 0 bridgehead atoms. The van der Waals surface area contributed by atoms with Gasteiger partial charge < -0.3 is 14.5 Å². The standard InChI is InChI=1S/C32H45N3O2Si/c1-23(2)28-18-19-29(31-33-20-25(21-34-31)37-24(3)4)35-30(28)22-36-38(32(5,6)7,26-14-10-8-11-15-26)27-16-12-9-13-17-27/h8-17,20-21,23-24,28-30,35H,18-19,22H2,1-7H3. The van der Waals surface area contributed by atoms with Crippen molar-refractivity contribution in [2.75, 3.05) is 6.61 Å². The van der Waals surface area contributed by atoms with Crippen molar-refractivity contribution in [3.8, 4) is 5.75 Å². The maximum absolute atomic E-state index is 7.35. The Morgan fingerprint density at radius 1 is 0.868 bits per heavy atom. The molecule has 5 nitrogen and oxygen atoms in total. The zero-order valence-electron chi connectivity index (χ0n) is 24.1. The van der Waals surface area contributed by atoms with Crippen molar-refractivity contribution in [1.82, 2.24) is 15.3 Å². The molecule has 0 aliphatic carbocycles. The van der Waals surface area contributed by atoms with Gasteiger partial charge in [-0.25, -0.2) is 9.97 Å². The summed E-state index contributed by atoms with van der Waals surface area (Å²) in [6.45, 7) is 16.4. The van der Waals surface area contributed by atoms with Crippen molar-refractivity contribution in [3.63, 3.8) is 0 Å². The number of nitrogens with zero attached hydrogens (tertiary/aromatic N) is 2. The van der Waals surface area contributed by atoms with Crippen molar-refractivity contribution in [3.05, 3.63) is 78.9 Å². The lowest BCUT2D eigenvalue weighted by atomic mass is 9.80. The van der Waals surface area contributed by atoms with E-state index in [1.165, 1.54) is 10.4 Å². The molecule has 3 atom stereocenters. The summed E-state index contributed by atoms with van der Waals surface area (Å²) in [5.74, 6) is 2.62. The lowest BCUT2D eigenvalue weighted by Crippen LogP contribution is -2.67. The van der Waals surface area contributed by atoms with Crippen LogP contribution in [0.2, 0.25) is 5.04 Å². The van der Waals surface area contributed by atoms with Crippen LogP contribution in [0.1, 0.15) is 73.2 Å². The van der Waals surface area contributed by atoms with Crippen LogP contribution in [0.5, 0.6) is 5.75 Å². The van der Waals surface area contributed by atoms with E-state index in [2.05, 4.69) is 111 Å². The Labute approximate surface area is 230 Å². The molecule has 0 amide bonds. The molecule has 1 fully saturated rings. The summed E-state index contributed by atoms with van der Waals surface area (Å²) in [7, 11) is -2.61. The number of benzene rings is 2. The second kappa shape index (κ2) is 12.1. The topological polar surface area (TPSA) is 56.3 Å². The highest BCUT2D eigenvalue weighted by molar-refractivity contribution is 6.99. The Balaban J connectivity index is 1.64. The summed E-state index contributed by atoms with van der Waals surface area (Å²) in [5, 5.41) is 6.50. The molecule has 2 aromatic carbocycles. The van der Waals surface area contributed by atoms with Gasteiger partial charge in [0.05, 0.1) is 31.1 Å². The zero-order valence-corrected chi connectivity index (χ0v) is 25.1. The van der Waals surface area contributed by atoms with Crippen molar-refractivity contribution in [2.45, 2.75) is 84.5 Å². The van der Waals surface area contributed by atoms with Gasteiger partial charge in [-0.3, -0.25) is 0 Å². The molecule has 38 heavy (non-hydrogen) atoms. The smallest absolute Gasteiger partial charge is 0.261 e. The number of rotatable bonds is 9. The third kappa shape index (κ3) is 6.19. The second-order valence-corrected chi connectivity index (χ2v) is 16.5. The van der Waals surface area contributed by atoms with Gasteiger partial charge in [0.1, 0.15) is 5.82 Å². The van der Waals surface area contributed by atoms with Gasteiger partial charge in [-0.2, -0.15) is 0 Å². The minimum absolute atomic E-state index is 0.0491. The SMILES string of the molecule is CC(C)Oc1cnc(C2CCC(C(C)C)C(CO[Si](c3ccccc3)(c3ccccc3)C(C)(C)C)N2)nc1. The molecule has 0 saturated carbocycles. The molecular formula is C32H45N3O2Si. The van der Waals surface area contributed by atoms with Crippen molar-refractivity contribution < 1.29 is 9.16 Å². The average molecular weight is 532 g/mol. The second-order valence-electron chi connectivity index (χ2n) is 12.2. The van der Waals surface area contributed by atoms with Gasteiger partial charge in [-0.05, 0) is 53.9 Å². The van der Waals surface area contributed by atoms with Crippen LogP contribution < -0.4 is 20.4 Å². The fourth-order valence-corrected chi connectivity index (χ4v) is 10.6. The molecule has 1 aliphatic heterocycles. The van der Waals surface area contributed by atoms with Crippen LogP contribution >= 0.6 is 0 Å². The van der Waals surface area contributed by atoms with Crippen molar-refractivity contribution in [1.29, 1.82) is 0 Å². The lowest BCUT2D eigenvalue weighted by Gasteiger charge is -2.46. The predicted molar refractivity (Wildman–Crippen MR) is 159 cm³/mol. The average Bonchev–Trinajstić information content (AvgIpc) is 2.89. The van der Waals surface area contributed by atoms with E-state index >= 15 is 0 Å². The molecule has 0 spiro atoms. The Kier molecular flexibility index (Phi) is 9.06. The fraction of sp³-hybridized carbons (Fsp3) is 0.500. The van der Waals surface area contributed by atoms with Crippen molar-refractivity contribution >= 4 is 18.7 Å². The van der Waals surface area contributed by atoms with Crippen LogP contribution in [0.15, 0.2) is 73.1 Å². The van der Waals surface area contributed by atoms with E-state index < -0.39 is 8.32 Å². The Morgan fingerprint density at radius 3 is 1.89 bits per heavy atom. The molecular weight excluding hydrogens is 486 g/mol. The summed E-state index contributed by atoms with van der Waals surface area (Å²) in [6, 6.07) is 22.1. The van der Waals surface area contributed by atoms with Crippen LogP contribution in [0, 0.1) is 11.8 Å². The van der Waals surface area contributed by atoms with Gasteiger partial charge in [-0.15, -0.1) is 0 Å². The molecule has 3 unspecified atom stereocenters. The molecule has 0 radical (unpaired) electrons. The predicted octanol–water partition coefficient (Wildman–Crippen LogP) is 5.91. The normalized spacial score (nSPS) is 20.6. The quantitative estimate of drug-likeness (QED) is 0.348. The Bertz CT molecular complexity index is 1090. The monoisotopic (exact) mass is 531 g/mol. The third-order valence-electron chi connectivity index (χ3n) is 7.80. The van der Waals surface area contributed by atoms with Crippen LogP contribution in [0.25, 0.3) is 0 Å². The highest BCUT2D eigenvalue weighted by atomic mass is 28.4. The van der Waals surface area contributed by atoms with Gasteiger partial charge in [0.15, 0.2) is 5.75 Å². The highest BCUT2D eigenvalue weighted by Crippen LogP contribution is 2.38. The summed E-state index contributed by atoms with van der Waals surface area (Å²) in [6.07, 6.45) is 5.84. The van der Waals surface area contributed by atoms with Gasteiger partial charge in [0.25, 0.3) is 8.32 Å². The molecule has 1 aliphatic rings. The largest absolute Gasteiger partial charge is 0.488 e. The number of hydrogen-bond donors (Lipinski definition) is 1. The minimum atomic E-state index is -2.61. The first-order valence-corrected chi connectivity index (χ1v) is 16.0. The van der Waals surface area contributed by atoms with Crippen molar-refractivity contribution in [2.24, 2.45) is 11.8 Å². The van der Waals surface area contributed by atoms with E-state index in [0.29, 0.717) is 24.2 Å². The Morgan fingerprint density at radius 2 is 1.42 bits per heavy atom. The van der Waals surface area contributed by atoms with Crippen LogP contribution in [-0.4, -0.2) is 37.0 Å². The number of nitrogens with one attached hydrogen (secondary N) is 1. The molecule has 6 heteroatoms. The highest BCUT2D eigenvalue weighted by Gasteiger charge is 2.51. The fourth-order valence-electron chi connectivity index (χ4n) is 6.01. The van der Waals surface area contributed by atoms with E-state index in [4.69, 9.17) is 9.16 Å². The van der Waals surface area contributed by atoms with Gasteiger partial charge >= 0.3 is 0 Å². The molecule has 1 N–H and O–H groups in total. The molecule has 1 saturated heterocycles. The van der Waals surface area contributed by atoms with Crippen LogP contribution in [0.3, 0.4) is 0 Å². The molecule has 1 aromatic heterocycles. The third-order valence-corrected chi connectivity index (χ3v) is 12.8. The minimum Gasteiger partial charge on any atom is -0.488 e. The summed E-state index contributed by atoms with van der Waals surface area (Å²) in [4.78, 5) is 9.34. The molecule has 4 rings (SSSR count). The molecule has 3 aromatic rings. The van der Waals surface area contributed by atoms with E-state index in [9.17, 15) is 0 Å². The first kappa shape index (κ1) is 28.5. The van der Waals surface area contributed by atoms with Gasteiger partial charge in [-0.1, -0.05) is 95.3 Å². The van der Waals surface area contributed by atoms with E-state index in [0.717, 1.165) is 18.7 Å². The number of hydrogen-bond acceptors (Lipinski definition) is 5. The molecule has 204 valence electrons. The zero-order chi connectivity index (χ0) is 27.3. The van der Waals surface area contributed by atoms with Crippen LogP contribution in [-0.2, 0) is 4.43 Å². The first-order chi connectivity index (χ1) is 18.1. The molecule has 2 heterocycles. The Hall–Kier alpha value is -2.54. The maximum Gasteiger partial charge on any atom is 0.261 e. The van der Waals surface area contributed by atoms with E-state index in [1.54, 1.807) is 12.4 Å². The van der Waals surface area contributed by atoms with Gasteiger partial charge in [0.2, 0.25) is 0 Å². The van der Waals surface area contributed by atoms with Gasteiger partial charge in [0, 0.05) is 6.04 Å². The number of piperidine rings is 1. The number of ether oxygens (including phenoxy) is 1. The first-order valence-electron chi connectivity index (χ1n) is 14.1. The van der Waals surface area contributed by atoms with E-state index in [1.807, 2.05) is 13.8 Å². The number of aromatic nitrogens is 2. The summed E-state index contributed by atoms with van der Waals surface area (Å²) < 4.78 is 13.1. The van der Waals surface area contributed by atoms with Crippen LogP contribution in [0.4, 0.5) is 0 Å².